The van der Waals surface area contributed by atoms with Crippen LogP contribution in [0.15, 0.2) is 59.8 Å². The van der Waals surface area contributed by atoms with E-state index < -0.39 is 36.3 Å². The summed E-state index contributed by atoms with van der Waals surface area (Å²) in [6.07, 6.45) is 42.7. The zero-order chi connectivity index (χ0) is 50.4. The van der Waals surface area contributed by atoms with Gasteiger partial charge in [-0.2, -0.15) is 0 Å². The first-order valence-corrected chi connectivity index (χ1v) is 28.2. The van der Waals surface area contributed by atoms with Crippen LogP contribution < -0.4 is 0 Å². The van der Waals surface area contributed by atoms with E-state index >= 15 is 0 Å². The van der Waals surface area contributed by atoms with E-state index in [1.807, 2.05) is 13.8 Å². The molecule has 1 heterocycles. The second-order valence-corrected chi connectivity index (χ2v) is 23.2. The monoisotopic (exact) mass is 953 g/mol. The highest BCUT2D eigenvalue weighted by Gasteiger charge is 2.46. The number of carbonyl (C=O) groups is 1. The molecule has 2 aliphatic rings. The van der Waals surface area contributed by atoms with E-state index in [-0.39, 0.29) is 12.6 Å². The fourth-order valence-corrected chi connectivity index (χ4v) is 10.2. The van der Waals surface area contributed by atoms with Crippen molar-refractivity contribution in [3.63, 3.8) is 0 Å². The van der Waals surface area contributed by atoms with Gasteiger partial charge in [-0.05, 0) is 108 Å². The van der Waals surface area contributed by atoms with Gasteiger partial charge in [0.25, 0.3) is 0 Å². The molecule has 0 aromatic carbocycles. The maximum atomic E-state index is 12.5. The number of unbranched alkanes of at least 4 members (excludes halogenated alkanes) is 12. The van der Waals surface area contributed by atoms with E-state index in [0.717, 1.165) is 44.4 Å². The van der Waals surface area contributed by atoms with E-state index in [1.54, 1.807) is 5.57 Å². The molecule has 10 atom stereocenters. The number of aliphatic hydroxyl groups excluding tert-OH is 3. The Morgan fingerprint density at radius 1 is 0.779 bits per heavy atom. The standard InChI is InChI=1S/C61H108O7/c1-12-13-14-15-16-17-18-19-20-21-22-23-41-55(62)66-46-54-56(63)57(64)58(65)59(67-54)68-61(10,11)45-29-39-50(5)37-27-36-49(4)35-26-33-47(2)31-24-25-32-48(3)34-28-38-51(6)42-43-53-52(7)40-30-44-60(53,8)9/h26-27,35-37,40,42-43,47-49,51,53-54,56-59,63-65H,12-25,28-34,38-39,41,44-46H2,1-11H3/b35-26+,36-27+,43-42+,50-37+/t47?,48?,49?,51?,53?,54-,56-,57+,58-,59-/m1/s1. The minimum absolute atomic E-state index is 0.205. The van der Waals surface area contributed by atoms with Gasteiger partial charge < -0.3 is 29.5 Å². The molecular formula is C61H108O7. The first kappa shape index (κ1) is 62.1. The first-order valence-electron chi connectivity index (χ1n) is 28.2. The number of allylic oxidation sites excluding steroid dienone is 10. The normalized spacial score (nSPS) is 24.4. The summed E-state index contributed by atoms with van der Waals surface area (Å²) in [4.78, 5) is 12.5. The molecule has 0 aromatic rings. The molecule has 7 heteroatoms. The van der Waals surface area contributed by atoms with Gasteiger partial charge >= 0.3 is 5.97 Å². The highest BCUT2D eigenvalue weighted by atomic mass is 16.7. The van der Waals surface area contributed by atoms with Gasteiger partial charge in [0.2, 0.25) is 0 Å². The molecule has 0 spiro atoms. The molecule has 3 N–H and O–H groups in total. The Morgan fingerprint density at radius 2 is 1.40 bits per heavy atom. The van der Waals surface area contributed by atoms with Crippen LogP contribution in [0, 0.1) is 35.0 Å². The van der Waals surface area contributed by atoms with Crippen LogP contribution in [0.5, 0.6) is 0 Å². The predicted octanol–water partition coefficient (Wildman–Crippen LogP) is 16.1. The molecule has 1 saturated heterocycles. The summed E-state index contributed by atoms with van der Waals surface area (Å²) in [7, 11) is 0. The molecule has 5 unspecified atom stereocenters. The fraction of sp³-hybridized carbons (Fsp3) is 0.820. The molecule has 68 heavy (non-hydrogen) atoms. The van der Waals surface area contributed by atoms with Crippen molar-refractivity contribution in [3.8, 4) is 0 Å². The topological polar surface area (TPSA) is 105 Å². The molecule has 0 radical (unpaired) electrons. The third kappa shape index (κ3) is 27.5. The van der Waals surface area contributed by atoms with E-state index in [9.17, 15) is 20.1 Å². The minimum Gasteiger partial charge on any atom is -0.463 e. The van der Waals surface area contributed by atoms with E-state index in [1.165, 1.54) is 121 Å². The van der Waals surface area contributed by atoms with Crippen molar-refractivity contribution in [2.45, 2.75) is 279 Å². The molecule has 0 saturated carbocycles. The van der Waals surface area contributed by atoms with Gasteiger partial charge in [-0.1, -0.05) is 217 Å². The van der Waals surface area contributed by atoms with E-state index in [2.05, 4.69) is 111 Å². The van der Waals surface area contributed by atoms with Gasteiger partial charge in [-0.3, -0.25) is 4.79 Å². The molecule has 1 aliphatic carbocycles. The molecule has 0 amide bonds. The van der Waals surface area contributed by atoms with Crippen LogP contribution in [0.3, 0.4) is 0 Å². The molecule has 1 fully saturated rings. The Bertz CT molecular complexity index is 1470. The van der Waals surface area contributed by atoms with Crippen LogP contribution >= 0.6 is 0 Å². The van der Waals surface area contributed by atoms with Gasteiger partial charge in [0.1, 0.15) is 31.0 Å². The van der Waals surface area contributed by atoms with Gasteiger partial charge in [-0.15, -0.1) is 0 Å². The summed E-state index contributed by atoms with van der Waals surface area (Å²) in [5, 5.41) is 32.0. The van der Waals surface area contributed by atoms with Crippen molar-refractivity contribution < 1.29 is 34.3 Å². The Hall–Kier alpha value is -2.03. The zero-order valence-corrected chi connectivity index (χ0v) is 46.0. The summed E-state index contributed by atoms with van der Waals surface area (Å²) in [6.45, 7) is 24.7. The number of ether oxygens (including phenoxy) is 3. The first-order chi connectivity index (χ1) is 32.3. The largest absolute Gasteiger partial charge is 0.463 e. The second kappa shape index (κ2) is 35.2. The maximum Gasteiger partial charge on any atom is 0.305 e. The summed E-state index contributed by atoms with van der Waals surface area (Å²) in [6, 6.07) is 0. The molecule has 7 nitrogen and oxygen atoms in total. The van der Waals surface area contributed by atoms with Crippen LogP contribution in [-0.2, 0) is 19.0 Å². The van der Waals surface area contributed by atoms with Gasteiger partial charge in [0, 0.05) is 12.3 Å². The average molecular weight is 954 g/mol. The summed E-state index contributed by atoms with van der Waals surface area (Å²) < 4.78 is 17.6. The van der Waals surface area contributed by atoms with Gasteiger partial charge in [0.15, 0.2) is 6.29 Å². The van der Waals surface area contributed by atoms with E-state index in [0.29, 0.717) is 41.9 Å². The Kier molecular flexibility index (Phi) is 32.1. The number of carbonyl (C=O) groups excluding carboxylic acids is 1. The lowest BCUT2D eigenvalue weighted by atomic mass is 9.68. The Balaban J connectivity index is 1.59. The minimum atomic E-state index is -1.48. The third-order valence-corrected chi connectivity index (χ3v) is 15.1. The number of hydrogen-bond donors (Lipinski definition) is 3. The molecule has 0 bridgehead atoms. The number of rotatable bonds is 37. The molecule has 394 valence electrons. The Morgan fingerprint density at radius 3 is 2.04 bits per heavy atom. The SMILES string of the molecule is CCCCCCCCCCCCCCC(=O)OC[C@H]1O[C@H](OC(C)(C)CCC/C(C)=C/C=C/C(C)/C=C/CC(C)CCCCC(C)CCCC(C)/C=C/C2C(C)=CCCC2(C)C)[C@H](O)[C@@H](O)[C@@H]1O. The van der Waals surface area contributed by atoms with Crippen LogP contribution in [0.2, 0.25) is 0 Å². The van der Waals surface area contributed by atoms with Crippen molar-refractivity contribution >= 4 is 5.97 Å². The summed E-state index contributed by atoms with van der Waals surface area (Å²) in [5.41, 5.74) is 2.56. The van der Waals surface area contributed by atoms with E-state index in [4.69, 9.17) is 14.2 Å². The quantitative estimate of drug-likeness (QED) is 0.0246. The Labute approximate surface area is 419 Å². The van der Waals surface area contributed by atoms with Crippen molar-refractivity contribution in [1.82, 2.24) is 0 Å². The molecule has 0 aromatic heterocycles. The third-order valence-electron chi connectivity index (χ3n) is 15.1. The van der Waals surface area contributed by atoms with Crippen LogP contribution in [0.1, 0.15) is 243 Å². The lowest BCUT2D eigenvalue weighted by molar-refractivity contribution is -0.324. The predicted molar refractivity (Wildman–Crippen MR) is 287 cm³/mol. The van der Waals surface area contributed by atoms with Crippen molar-refractivity contribution in [2.24, 2.45) is 35.0 Å². The lowest BCUT2D eigenvalue weighted by Crippen LogP contribution is -2.60. The molecular weight excluding hydrogens is 845 g/mol. The zero-order valence-electron chi connectivity index (χ0n) is 46.0. The fourth-order valence-electron chi connectivity index (χ4n) is 10.2. The maximum absolute atomic E-state index is 12.5. The van der Waals surface area contributed by atoms with Crippen molar-refractivity contribution in [1.29, 1.82) is 0 Å². The van der Waals surface area contributed by atoms with Crippen LogP contribution in [0.4, 0.5) is 0 Å². The highest BCUT2D eigenvalue weighted by molar-refractivity contribution is 5.69. The van der Waals surface area contributed by atoms with Crippen molar-refractivity contribution in [2.75, 3.05) is 6.61 Å². The smallest absolute Gasteiger partial charge is 0.305 e. The van der Waals surface area contributed by atoms with Crippen LogP contribution in [0.25, 0.3) is 0 Å². The summed E-state index contributed by atoms with van der Waals surface area (Å²) in [5.74, 6) is 2.82. The van der Waals surface area contributed by atoms with Crippen LogP contribution in [-0.4, -0.2) is 64.2 Å². The summed E-state index contributed by atoms with van der Waals surface area (Å²) >= 11 is 0. The van der Waals surface area contributed by atoms with Crippen molar-refractivity contribution in [3.05, 3.63) is 59.8 Å². The number of hydrogen-bond acceptors (Lipinski definition) is 7. The number of aliphatic hydroxyl groups is 3. The molecule has 1 aliphatic heterocycles. The lowest BCUT2D eigenvalue weighted by Gasteiger charge is -2.42. The number of esters is 1. The second-order valence-electron chi connectivity index (χ2n) is 23.2. The van der Waals surface area contributed by atoms with Gasteiger partial charge in [-0.25, -0.2) is 0 Å². The highest BCUT2D eigenvalue weighted by Crippen LogP contribution is 2.42. The average Bonchev–Trinajstić information content (AvgIpc) is 3.27. The molecule has 2 rings (SSSR count). The van der Waals surface area contributed by atoms with Gasteiger partial charge in [0.05, 0.1) is 5.60 Å².